The molecule has 90 valence electrons. The van der Waals surface area contributed by atoms with Crippen LogP contribution in [0.4, 0.5) is 5.69 Å². The molecule has 1 aromatic heterocycles. The van der Waals surface area contributed by atoms with Crippen LogP contribution >= 0.6 is 15.9 Å². The third-order valence-electron chi connectivity index (χ3n) is 2.56. The fourth-order valence-corrected chi connectivity index (χ4v) is 2.36. The van der Waals surface area contributed by atoms with Crippen molar-refractivity contribution in [1.82, 2.24) is 4.57 Å². The molecule has 1 heterocycles. The Morgan fingerprint density at radius 3 is 2.88 bits per heavy atom. The van der Waals surface area contributed by atoms with Gasteiger partial charge in [0.15, 0.2) is 0 Å². The maximum absolute atomic E-state index is 10.7. The summed E-state index contributed by atoms with van der Waals surface area (Å²) < 4.78 is 7.94. The van der Waals surface area contributed by atoms with E-state index in [4.69, 9.17) is 4.74 Å². The molecule has 1 aromatic carbocycles. The van der Waals surface area contributed by atoms with E-state index in [1.165, 1.54) is 6.07 Å². The monoisotopic (exact) mass is 298 g/mol. The van der Waals surface area contributed by atoms with E-state index in [1.807, 2.05) is 10.6 Å². The number of nitro groups is 1. The molecule has 0 aliphatic rings. The summed E-state index contributed by atoms with van der Waals surface area (Å²) in [7, 11) is 1.64. The third kappa shape index (κ3) is 2.32. The summed E-state index contributed by atoms with van der Waals surface area (Å²) in [5.74, 6) is 0. The Morgan fingerprint density at radius 2 is 2.24 bits per heavy atom. The SMILES string of the molecule is COCCn1c(Br)cc2cc([N+](=O)[O-])ccc21. The number of methoxy groups -OCH3 is 1. The highest BCUT2D eigenvalue weighted by atomic mass is 79.9. The molecule has 0 aliphatic heterocycles. The first-order valence-electron chi connectivity index (χ1n) is 5.05. The Bertz CT molecular complexity index is 565. The number of non-ortho nitro benzene ring substituents is 1. The molecule has 0 saturated heterocycles. The van der Waals surface area contributed by atoms with Crippen LogP contribution in [0.2, 0.25) is 0 Å². The van der Waals surface area contributed by atoms with E-state index >= 15 is 0 Å². The van der Waals surface area contributed by atoms with Crippen molar-refractivity contribution < 1.29 is 9.66 Å². The van der Waals surface area contributed by atoms with Gasteiger partial charge in [-0.05, 0) is 28.1 Å². The van der Waals surface area contributed by atoms with Gasteiger partial charge in [-0.15, -0.1) is 0 Å². The fraction of sp³-hybridized carbons (Fsp3) is 0.273. The average Bonchev–Trinajstić information content (AvgIpc) is 2.61. The number of hydrogen-bond donors (Lipinski definition) is 0. The minimum Gasteiger partial charge on any atom is -0.383 e. The third-order valence-corrected chi connectivity index (χ3v) is 3.22. The lowest BCUT2D eigenvalue weighted by Crippen LogP contribution is -2.03. The summed E-state index contributed by atoms with van der Waals surface area (Å²) >= 11 is 3.44. The molecule has 0 unspecified atom stereocenters. The highest BCUT2D eigenvalue weighted by molar-refractivity contribution is 9.10. The van der Waals surface area contributed by atoms with Gasteiger partial charge in [0.1, 0.15) is 0 Å². The molecule has 0 radical (unpaired) electrons. The standard InChI is InChI=1S/C11H11BrN2O3/c1-17-5-4-13-10-3-2-9(14(15)16)6-8(10)7-11(13)12/h2-3,6-7H,4-5H2,1H3. The molecule has 0 amide bonds. The lowest BCUT2D eigenvalue weighted by atomic mass is 10.2. The second-order valence-electron chi connectivity index (χ2n) is 3.61. The van der Waals surface area contributed by atoms with E-state index in [1.54, 1.807) is 19.2 Å². The Hall–Kier alpha value is -1.40. The zero-order valence-electron chi connectivity index (χ0n) is 9.22. The number of nitro benzene ring substituents is 1. The van der Waals surface area contributed by atoms with Crippen molar-refractivity contribution in [2.45, 2.75) is 6.54 Å². The number of ether oxygens (including phenoxy) is 1. The lowest BCUT2D eigenvalue weighted by Gasteiger charge is -2.05. The van der Waals surface area contributed by atoms with Gasteiger partial charge in [0.2, 0.25) is 0 Å². The number of nitrogens with zero attached hydrogens (tertiary/aromatic N) is 2. The molecular weight excluding hydrogens is 288 g/mol. The average molecular weight is 299 g/mol. The summed E-state index contributed by atoms with van der Waals surface area (Å²) in [6.07, 6.45) is 0. The van der Waals surface area contributed by atoms with Crippen LogP contribution in [-0.2, 0) is 11.3 Å². The summed E-state index contributed by atoms with van der Waals surface area (Å²) in [6.45, 7) is 1.30. The van der Waals surface area contributed by atoms with Crippen molar-refractivity contribution in [3.63, 3.8) is 0 Å². The van der Waals surface area contributed by atoms with Gasteiger partial charge < -0.3 is 9.30 Å². The zero-order chi connectivity index (χ0) is 12.4. The molecule has 0 saturated carbocycles. The van der Waals surface area contributed by atoms with Crippen LogP contribution in [0.1, 0.15) is 0 Å². The molecule has 0 aliphatic carbocycles. The molecule has 0 spiro atoms. The molecule has 5 nitrogen and oxygen atoms in total. The normalized spacial score (nSPS) is 10.9. The van der Waals surface area contributed by atoms with Gasteiger partial charge in [0.25, 0.3) is 5.69 Å². The van der Waals surface area contributed by atoms with Crippen molar-refractivity contribution in [2.24, 2.45) is 0 Å². The Labute approximate surface area is 106 Å². The molecule has 2 rings (SSSR count). The first-order chi connectivity index (χ1) is 8.13. The highest BCUT2D eigenvalue weighted by Crippen LogP contribution is 2.27. The van der Waals surface area contributed by atoms with E-state index in [9.17, 15) is 10.1 Å². The topological polar surface area (TPSA) is 57.3 Å². The number of aromatic nitrogens is 1. The smallest absolute Gasteiger partial charge is 0.270 e. The van der Waals surface area contributed by atoms with Crippen LogP contribution in [0.25, 0.3) is 10.9 Å². The van der Waals surface area contributed by atoms with Gasteiger partial charge in [-0.25, -0.2) is 0 Å². The number of benzene rings is 1. The van der Waals surface area contributed by atoms with Crippen LogP contribution in [0.5, 0.6) is 0 Å². The predicted molar refractivity (Wildman–Crippen MR) is 68.2 cm³/mol. The van der Waals surface area contributed by atoms with Gasteiger partial charge >= 0.3 is 0 Å². The minimum absolute atomic E-state index is 0.105. The van der Waals surface area contributed by atoms with Gasteiger partial charge in [-0.1, -0.05) is 0 Å². The molecule has 0 bridgehead atoms. The van der Waals surface area contributed by atoms with Crippen molar-refractivity contribution in [3.8, 4) is 0 Å². The number of hydrogen-bond acceptors (Lipinski definition) is 3. The number of rotatable bonds is 4. The van der Waals surface area contributed by atoms with Gasteiger partial charge in [-0.2, -0.15) is 0 Å². The maximum atomic E-state index is 10.7. The van der Waals surface area contributed by atoms with E-state index in [-0.39, 0.29) is 10.6 Å². The summed E-state index contributed by atoms with van der Waals surface area (Å²) in [5.41, 5.74) is 1.06. The van der Waals surface area contributed by atoms with Crippen molar-refractivity contribution >= 4 is 32.5 Å². The largest absolute Gasteiger partial charge is 0.383 e. The molecular formula is C11H11BrN2O3. The molecule has 17 heavy (non-hydrogen) atoms. The maximum Gasteiger partial charge on any atom is 0.270 e. The summed E-state index contributed by atoms with van der Waals surface area (Å²) in [5, 5.41) is 11.5. The zero-order valence-corrected chi connectivity index (χ0v) is 10.8. The molecule has 0 fully saturated rings. The van der Waals surface area contributed by atoms with Crippen molar-refractivity contribution in [3.05, 3.63) is 39.0 Å². The Balaban J connectivity index is 2.48. The van der Waals surface area contributed by atoms with E-state index < -0.39 is 0 Å². The fourth-order valence-electron chi connectivity index (χ4n) is 1.75. The lowest BCUT2D eigenvalue weighted by molar-refractivity contribution is -0.384. The second kappa shape index (κ2) is 4.85. The molecule has 0 atom stereocenters. The minimum atomic E-state index is -0.389. The van der Waals surface area contributed by atoms with Crippen LogP contribution < -0.4 is 0 Å². The van der Waals surface area contributed by atoms with E-state index in [2.05, 4.69) is 15.9 Å². The van der Waals surface area contributed by atoms with Gasteiger partial charge in [0, 0.05) is 36.7 Å². The van der Waals surface area contributed by atoms with Crippen LogP contribution in [0, 0.1) is 10.1 Å². The van der Waals surface area contributed by atoms with Crippen LogP contribution in [0.15, 0.2) is 28.9 Å². The Morgan fingerprint density at radius 1 is 1.47 bits per heavy atom. The van der Waals surface area contributed by atoms with Gasteiger partial charge in [-0.3, -0.25) is 10.1 Å². The summed E-state index contributed by atoms with van der Waals surface area (Å²) in [4.78, 5) is 10.3. The van der Waals surface area contributed by atoms with Crippen LogP contribution in [0.3, 0.4) is 0 Å². The molecule has 6 heteroatoms. The van der Waals surface area contributed by atoms with E-state index in [0.29, 0.717) is 13.2 Å². The quantitative estimate of drug-likeness (QED) is 0.644. The molecule has 2 aromatic rings. The Kier molecular flexibility index (Phi) is 3.44. The van der Waals surface area contributed by atoms with E-state index in [0.717, 1.165) is 15.5 Å². The summed E-state index contributed by atoms with van der Waals surface area (Å²) in [6, 6.07) is 6.72. The van der Waals surface area contributed by atoms with Crippen molar-refractivity contribution in [1.29, 1.82) is 0 Å². The van der Waals surface area contributed by atoms with Crippen LogP contribution in [-0.4, -0.2) is 23.2 Å². The first kappa shape index (κ1) is 12.1. The first-order valence-corrected chi connectivity index (χ1v) is 5.85. The highest BCUT2D eigenvalue weighted by Gasteiger charge is 2.11. The van der Waals surface area contributed by atoms with Gasteiger partial charge in [0.05, 0.1) is 16.1 Å². The number of halogens is 1. The van der Waals surface area contributed by atoms with Crippen molar-refractivity contribution in [2.75, 3.05) is 13.7 Å². The number of fused-ring (bicyclic) bond motifs is 1. The molecule has 0 N–H and O–H groups in total. The predicted octanol–water partition coefficient (Wildman–Crippen LogP) is 2.96. The second-order valence-corrected chi connectivity index (χ2v) is 4.42.